The molecule has 0 N–H and O–H groups in total. The molecule has 128 valence electrons. The molecule has 1 aromatic rings. The SMILES string of the molecule is CCCC(=O)C(C)(/C=C/c1ccccc1)P(=O)(OCC)OCC. The smallest absolute Gasteiger partial charge is 0.308 e. The Labute approximate surface area is 139 Å². The molecule has 1 aromatic carbocycles. The normalized spacial score (nSPS) is 14.8. The molecule has 0 radical (unpaired) electrons. The van der Waals surface area contributed by atoms with Gasteiger partial charge in [0.05, 0.1) is 13.2 Å². The molecule has 0 bridgehead atoms. The summed E-state index contributed by atoms with van der Waals surface area (Å²) in [5.74, 6) is -0.127. The first-order chi connectivity index (χ1) is 10.9. The topological polar surface area (TPSA) is 52.6 Å². The van der Waals surface area contributed by atoms with Crippen molar-refractivity contribution in [3.63, 3.8) is 0 Å². The molecule has 0 saturated heterocycles. The third-order valence-corrected chi connectivity index (χ3v) is 6.34. The molecular formula is C18H27O4P. The van der Waals surface area contributed by atoms with Gasteiger partial charge in [0.2, 0.25) is 0 Å². The first-order valence-electron chi connectivity index (χ1n) is 8.10. The van der Waals surface area contributed by atoms with Gasteiger partial charge in [-0.1, -0.05) is 49.4 Å². The fourth-order valence-electron chi connectivity index (χ4n) is 2.29. The van der Waals surface area contributed by atoms with Gasteiger partial charge in [0, 0.05) is 6.42 Å². The Morgan fingerprint density at radius 3 is 2.17 bits per heavy atom. The van der Waals surface area contributed by atoms with Crippen LogP contribution in [0, 0.1) is 0 Å². The average Bonchev–Trinajstić information content (AvgIpc) is 2.54. The zero-order valence-electron chi connectivity index (χ0n) is 14.5. The summed E-state index contributed by atoms with van der Waals surface area (Å²) in [6.07, 6.45) is 4.50. The van der Waals surface area contributed by atoms with Gasteiger partial charge in [-0.25, -0.2) is 0 Å². The molecule has 0 fully saturated rings. The lowest BCUT2D eigenvalue weighted by molar-refractivity contribution is -0.120. The van der Waals surface area contributed by atoms with Crippen molar-refractivity contribution in [3.05, 3.63) is 42.0 Å². The van der Waals surface area contributed by atoms with Crippen LogP contribution in [-0.4, -0.2) is 24.2 Å². The number of rotatable bonds is 10. The fraction of sp³-hybridized carbons (Fsp3) is 0.500. The fourth-order valence-corrected chi connectivity index (χ4v) is 4.25. The van der Waals surface area contributed by atoms with Crippen molar-refractivity contribution in [2.75, 3.05) is 13.2 Å². The van der Waals surface area contributed by atoms with E-state index < -0.39 is 12.8 Å². The van der Waals surface area contributed by atoms with Crippen LogP contribution in [0.25, 0.3) is 6.08 Å². The van der Waals surface area contributed by atoms with Crippen molar-refractivity contribution in [1.29, 1.82) is 0 Å². The zero-order valence-corrected chi connectivity index (χ0v) is 15.3. The third kappa shape index (κ3) is 4.87. The molecule has 0 heterocycles. The Bertz CT molecular complexity index is 558. The van der Waals surface area contributed by atoms with Crippen molar-refractivity contribution >= 4 is 19.5 Å². The van der Waals surface area contributed by atoms with E-state index in [1.165, 1.54) is 0 Å². The average molecular weight is 338 g/mol. The van der Waals surface area contributed by atoms with Crippen LogP contribution < -0.4 is 0 Å². The largest absolute Gasteiger partial charge is 0.347 e. The zero-order chi connectivity index (χ0) is 17.3. The number of carbonyl (C=O) groups is 1. The van der Waals surface area contributed by atoms with Crippen LogP contribution in [-0.2, 0) is 18.4 Å². The summed E-state index contributed by atoms with van der Waals surface area (Å²) in [6, 6.07) is 9.59. The number of benzene rings is 1. The van der Waals surface area contributed by atoms with Crippen molar-refractivity contribution in [2.24, 2.45) is 0 Å². The van der Waals surface area contributed by atoms with E-state index in [0.29, 0.717) is 12.8 Å². The predicted molar refractivity (Wildman–Crippen MR) is 94.7 cm³/mol. The van der Waals surface area contributed by atoms with Crippen molar-refractivity contribution < 1.29 is 18.4 Å². The lowest BCUT2D eigenvalue weighted by Crippen LogP contribution is -2.34. The van der Waals surface area contributed by atoms with Crippen LogP contribution in [0.5, 0.6) is 0 Å². The Hall–Kier alpha value is -1.22. The number of hydrogen-bond acceptors (Lipinski definition) is 4. The number of hydrogen-bond donors (Lipinski definition) is 0. The number of carbonyl (C=O) groups excluding carboxylic acids is 1. The van der Waals surface area contributed by atoms with E-state index in [2.05, 4.69) is 0 Å². The summed E-state index contributed by atoms with van der Waals surface area (Å²) in [6.45, 7) is 7.52. The van der Waals surface area contributed by atoms with Crippen LogP contribution in [0.15, 0.2) is 36.4 Å². The van der Waals surface area contributed by atoms with Gasteiger partial charge in [0.15, 0.2) is 5.78 Å². The third-order valence-electron chi connectivity index (χ3n) is 3.61. The molecule has 1 atom stereocenters. The van der Waals surface area contributed by atoms with Crippen LogP contribution in [0.3, 0.4) is 0 Å². The van der Waals surface area contributed by atoms with E-state index in [4.69, 9.17) is 9.05 Å². The van der Waals surface area contributed by atoms with Gasteiger partial charge in [0.25, 0.3) is 0 Å². The molecule has 23 heavy (non-hydrogen) atoms. The van der Waals surface area contributed by atoms with Crippen LogP contribution in [0.1, 0.15) is 46.1 Å². The summed E-state index contributed by atoms with van der Waals surface area (Å²) in [4.78, 5) is 12.7. The van der Waals surface area contributed by atoms with E-state index in [0.717, 1.165) is 5.56 Å². The second kappa shape index (κ2) is 9.17. The van der Waals surface area contributed by atoms with E-state index in [1.807, 2.05) is 37.3 Å². The van der Waals surface area contributed by atoms with E-state index in [-0.39, 0.29) is 19.0 Å². The maximum atomic E-state index is 13.3. The maximum absolute atomic E-state index is 13.3. The first-order valence-corrected chi connectivity index (χ1v) is 9.64. The molecule has 4 nitrogen and oxygen atoms in total. The second-order valence-corrected chi connectivity index (χ2v) is 7.84. The molecular weight excluding hydrogens is 311 g/mol. The minimum atomic E-state index is -3.60. The Kier molecular flexibility index (Phi) is 7.90. The lowest BCUT2D eigenvalue weighted by Gasteiger charge is -2.32. The molecule has 5 heteroatoms. The van der Waals surface area contributed by atoms with Gasteiger partial charge in [-0.2, -0.15) is 0 Å². The van der Waals surface area contributed by atoms with Crippen LogP contribution in [0.2, 0.25) is 0 Å². The standard InChI is InChI=1S/C18H27O4P/c1-5-11-17(19)18(4,23(20,21-6-2)22-7-3)15-14-16-12-9-8-10-13-16/h8-10,12-15H,5-7,11H2,1-4H3/b15-14+. The quantitative estimate of drug-likeness (QED) is 0.557. The van der Waals surface area contributed by atoms with Crippen molar-refractivity contribution in [2.45, 2.75) is 45.7 Å². The summed E-state index contributed by atoms with van der Waals surface area (Å²) in [5.41, 5.74) is 0.933. The monoisotopic (exact) mass is 338 g/mol. The molecule has 0 aliphatic heterocycles. The molecule has 0 aliphatic rings. The van der Waals surface area contributed by atoms with E-state index in [9.17, 15) is 9.36 Å². The van der Waals surface area contributed by atoms with Crippen LogP contribution >= 0.6 is 7.60 Å². The molecule has 0 aliphatic carbocycles. The van der Waals surface area contributed by atoms with E-state index in [1.54, 1.807) is 32.9 Å². The van der Waals surface area contributed by atoms with Gasteiger partial charge >= 0.3 is 7.60 Å². The van der Waals surface area contributed by atoms with Crippen molar-refractivity contribution in [3.8, 4) is 0 Å². The van der Waals surface area contributed by atoms with E-state index >= 15 is 0 Å². The minimum Gasteiger partial charge on any atom is -0.308 e. The minimum absolute atomic E-state index is 0.127. The highest BCUT2D eigenvalue weighted by atomic mass is 31.2. The number of allylic oxidation sites excluding steroid dienone is 1. The Morgan fingerprint density at radius 2 is 1.70 bits per heavy atom. The number of Topliss-reactive ketones (excluding diaryl/α,β-unsaturated/α-hetero) is 1. The summed E-state index contributed by atoms with van der Waals surface area (Å²) < 4.78 is 24.2. The van der Waals surface area contributed by atoms with Gasteiger partial charge < -0.3 is 9.05 Å². The van der Waals surface area contributed by atoms with Gasteiger partial charge in [-0.05, 0) is 32.8 Å². The molecule has 0 saturated carbocycles. The summed E-state index contributed by atoms with van der Waals surface area (Å²) in [5, 5.41) is -1.29. The molecule has 0 amide bonds. The Morgan fingerprint density at radius 1 is 1.13 bits per heavy atom. The van der Waals surface area contributed by atoms with Gasteiger partial charge in [-0.3, -0.25) is 9.36 Å². The molecule has 0 aromatic heterocycles. The second-order valence-electron chi connectivity index (χ2n) is 5.40. The van der Waals surface area contributed by atoms with Crippen LogP contribution in [0.4, 0.5) is 0 Å². The van der Waals surface area contributed by atoms with Crippen molar-refractivity contribution in [1.82, 2.24) is 0 Å². The highest BCUT2D eigenvalue weighted by Gasteiger charge is 2.50. The molecule has 1 rings (SSSR count). The van der Waals surface area contributed by atoms with Gasteiger partial charge in [-0.15, -0.1) is 0 Å². The molecule has 1 unspecified atom stereocenters. The highest BCUT2D eigenvalue weighted by Crippen LogP contribution is 2.61. The first kappa shape index (κ1) is 19.8. The summed E-state index contributed by atoms with van der Waals surface area (Å²) >= 11 is 0. The maximum Gasteiger partial charge on any atom is 0.347 e. The Balaban J connectivity index is 3.28. The predicted octanol–water partition coefficient (Wildman–Crippen LogP) is 5.09. The number of ketones is 1. The summed E-state index contributed by atoms with van der Waals surface area (Å²) in [7, 11) is -3.60. The van der Waals surface area contributed by atoms with Gasteiger partial charge in [0.1, 0.15) is 5.16 Å². The highest BCUT2D eigenvalue weighted by molar-refractivity contribution is 7.57. The lowest BCUT2D eigenvalue weighted by atomic mass is 10.00. The molecule has 0 spiro atoms.